The Balaban J connectivity index is 1.48. The number of anilines is 1. The number of rotatable bonds is 10. The molecule has 38 heavy (non-hydrogen) atoms. The lowest BCUT2D eigenvalue weighted by Crippen LogP contribution is -2.36. The van der Waals surface area contributed by atoms with E-state index in [1.54, 1.807) is 20.2 Å². The smallest absolute Gasteiger partial charge is 0.165 e. The van der Waals surface area contributed by atoms with Crippen molar-refractivity contribution < 1.29 is 9.84 Å². The molecule has 7 nitrogen and oxygen atoms in total. The molecule has 0 fully saturated rings. The molecule has 0 aliphatic rings. The van der Waals surface area contributed by atoms with Gasteiger partial charge in [0.25, 0.3) is 0 Å². The van der Waals surface area contributed by atoms with E-state index in [2.05, 4.69) is 54.4 Å². The number of aliphatic hydroxyl groups is 1. The number of imidazole rings is 1. The molecule has 7 heteroatoms. The molecule has 5 aromatic rings. The van der Waals surface area contributed by atoms with E-state index in [4.69, 9.17) is 20.4 Å². The van der Waals surface area contributed by atoms with Gasteiger partial charge in [-0.15, -0.1) is 0 Å². The van der Waals surface area contributed by atoms with Crippen LogP contribution in [-0.4, -0.2) is 37.4 Å². The Labute approximate surface area is 223 Å². The summed E-state index contributed by atoms with van der Waals surface area (Å²) in [7, 11) is 1.56. The summed E-state index contributed by atoms with van der Waals surface area (Å²) in [6, 6.07) is 20.6. The van der Waals surface area contributed by atoms with Crippen LogP contribution in [-0.2, 0) is 11.2 Å². The lowest BCUT2D eigenvalue weighted by atomic mass is 9.89. The third-order valence-electron chi connectivity index (χ3n) is 7.45. The molecule has 0 amide bonds. The van der Waals surface area contributed by atoms with Gasteiger partial charge in [0.1, 0.15) is 22.9 Å². The number of nitrogen functional groups attached to an aromatic ring is 1. The van der Waals surface area contributed by atoms with Gasteiger partial charge in [-0.25, -0.2) is 15.0 Å². The predicted octanol–water partition coefficient (Wildman–Crippen LogP) is 6.29. The number of hydrogen-bond donors (Lipinski definition) is 2. The highest BCUT2D eigenvalue weighted by atomic mass is 16.6. The van der Waals surface area contributed by atoms with Crippen molar-refractivity contribution in [2.75, 3.05) is 12.8 Å². The Hall–Kier alpha value is -3.81. The quantitative estimate of drug-likeness (QED) is 0.215. The fourth-order valence-electron chi connectivity index (χ4n) is 5.24. The molecule has 0 spiro atoms. The SMILES string of the molecule is CCC[C@H](CCCc1nc(-c2ccc3ccc(-c4ccccc4)nc3c2)c2c(N)nccn12)C(C)(O)OC. The molecule has 2 aromatic carbocycles. The van der Waals surface area contributed by atoms with E-state index < -0.39 is 5.79 Å². The lowest BCUT2D eigenvalue weighted by molar-refractivity contribution is -0.210. The molecule has 0 saturated carbocycles. The van der Waals surface area contributed by atoms with E-state index in [1.807, 2.05) is 28.8 Å². The number of fused-ring (bicyclic) bond motifs is 2. The van der Waals surface area contributed by atoms with Gasteiger partial charge in [0.15, 0.2) is 5.79 Å². The van der Waals surface area contributed by atoms with Gasteiger partial charge in [0, 0.05) is 48.4 Å². The van der Waals surface area contributed by atoms with Crippen LogP contribution >= 0.6 is 0 Å². The maximum Gasteiger partial charge on any atom is 0.165 e. The number of nitrogens with zero attached hydrogens (tertiary/aromatic N) is 4. The maximum atomic E-state index is 10.7. The van der Waals surface area contributed by atoms with Crippen molar-refractivity contribution in [3.8, 4) is 22.5 Å². The van der Waals surface area contributed by atoms with Crippen molar-refractivity contribution in [3.63, 3.8) is 0 Å². The Kier molecular flexibility index (Phi) is 7.40. The van der Waals surface area contributed by atoms with Crippen molar-refractivity contribution >= 4 is 22.2 Å². The first-order chi connectivity index (χ1) is 18.4. The number of aromatic nitrogens is 4. The van der Waals surface area contributed by atoms with Crippen LogP contribution in [0.4, 0.5) is 5.82 Å². The molecule has 0 aliphatic heterocycles. The summed E-state index contributed by atoms with van der Waals surface area (Å²) in [5.41, 5.74) is 11.8. The lowest BCUT2D eigenvalue weighted by Gasteiger charge is -2.31. The topological polar surface area (TPSA) is 98.6 Å². The average molecular weight is 510 g/mol. The van der Waals surface area contributed by atoms with E-state index in [1.165, 1.54) is 0 Å². The zero-order chi connectivity index (χ0) is 26.7. The third-order valence-corrected chi connectivity index (χ3v) is 7.45. The monoisotopic (exact) mass is 509 g/mol. The Morgan fingerprint density at radius 2 is 1.82 bits per heavy atom. The van der Waals surface area contributed by atoms with Crippen molar-refractivity contribution in [3.05, 3.63) is 78.9 Å². The number of methoxy groups -OCH3 is 1. The second-order valence-electron chi connectivity index (χ2n) is 10.0. The van der Waals surface area contributed by atoms with E-state index in [-0.39, 0.29) is 5.92 Å². The summed E-state index contributed by atoms with van der Waals surface area (Å²) in [6.07, 6.45) is 7.96. The zero-order valence-corrected chi connectivity index (χ0v) is 22.3. The van der Waals surface area contributed by atoms with Crippen LogP contribution in [0.3, 0.4) is 0 Å². The van der Waals surface area contributed by atoms with E-state index in [0.717, 1.165) is 76.9 Å². The van der Waals surface area contributed by atoms with E-state index >= 15 is 0 Å². The molecule has 0 saturated heterocycles. The number of nitrogens with two attached hydrogens (primary N) is 1. The number of hydrogen-bond acceptors (Lipinski definition) is 6. The van der Waals surface area contributed by atoms with Gasteiger partial charge in [0.05, 0.1) is 11.2 Å². The summed E-state index contributed by atoms with van der Waals surface area (Å²) in [6.45, 7) is 3.88. The molecule has 5 rings (SSSR count). The highest BCUT2D eigenvalue weighted by Gasteiger charge is 2.30. The maximum absolute atomic E-state index is 10.7. The van der Waals surface area contributed by atoms with Crippen LogP contribution in [0.25, 0.3) is 38.9 Å². The van der Waals surface area contributed by atoms with Crippen LogP contribution in [0.15, 0.2) is 73.1 Å². The molecule has 3 aromatic heterocycles. The first-order valence-electron chi connectivity index (χ1n) is 13.3. The standard InChI is InChI=1S/C31H35N5O2/c1-4-9-24(31(2,37)38-3)12-8-13-27-35-28(29-30(32)33-18-19-36(27)29)23-15-14-22-16-17-25(34-26(22)20-23)21-10-6-5-7-11-21/h5-7,10-11,14-20,24,37H,4,8-9,12-13H2,1-3H3,(H2,32,33)/t24-,31?/m1/s1. The van der Waals surface area contributed by atoms with Crippen molar-refractivity contribution in [2.45, 2.75) is 51.7 Å². The normalized spacial score (nSPS) is 14.1. The highest BCUT2D eigenvalue weighted by Crippen LogP contribution is 2.32. The molecule has 0 radical (unpaired) electrons. The third kappa shape index (κ3) is 5.12. The fourth-order valence-corrected chi connectivity index (χ4v) is 5.24. The molecule has 196 valence electrons. The van der Waals surface area contributed by atoms with Gasteiger partial charge in [0.2, 0.25) is 0 Å². The van der Waals surface area contributed by atoms with Crippen LogP contribution in [0.1, 0.15) is 45.4 Å². The molecule has 3 heterocycles. The second-order valence-corrected chi connectivity index (χ2v) is 10.0. The van der Waals surface area contributed by atoms with Gasteiger partial charge in [-0.1, -0.05) is 61.9 Å². The minimum atomic E-state index is -1.14. The Morgan fingerprint density at radius 3 is 2.58 bits per heavy atom. The van der Waals surface area contributed by atoms with Gasteiger partial charge < -0.3 is 15.6 Å². The summed E-state index contributed by atoms with van der Waals surface area (Å²) in [4.78, 5) is 14.3. The van der Waals surface area contributed by atoms with Crippen LogP contribution in [0.2, 0.25) is 0 Å². The average Bonchev–Trinajstić information content (AvgIpc) is 3.32. The van der Waals surface area contributed by atoms with Crippen LogP contribution < -0.4 is 5.73 Å². The fraction of sp³-hybridized carbons (Fsp3) is 0.323. The molecule has 1 unspecified atom stereocenters. The van der Waals surface area contributed by atoms with Crippen molar-refractivity contribution in [1.29, 1.82) is 0 Å². The van der Waals surface area contributed by atoms with Crippen molar-refractivity contribution in [1.82, 2.24) is 19.4 Å². The molecule has 2 atom stereocenters. The first-order valence-corrected chi connectivity index (χ1v) is 13.3. The van der Waals surface area contributed by atoms with Gasteiger partial charge in [-0.3, -0.25) is 4.40 Å². The summed E-state index contributed by atoms with van der Waals surface area (Å²) in [5.74, 6) is 0.280. The predicted molar refractivity (Wildman–Crippen MR) is 153 cm³/mol. The van der Waals surface area contributed by atoms with Crippen LogP contribution in [0.5, 0.6) is 0 Å². The number of ether oxygens (including phenoxy) is 1. The zero-order valence-electron chi connectivity index (χ0n) is 22.3. The molecular formula is C31H35N5O2. The summed E-state index contributed by atoms with van der Waals surface area (Å²) >= 11 is 0. The highest BCUT2D eigenvalue weighted by molar-refractivity contribution is 5.91. The first kappa shape index (κ1) is 25.8. The number of pyridine rings is 1. The summed E-state index contributed by atoms with van der Waals surface area (Å²) in [5, 5.41) is 11.7. The Morgan fingerprint density at radius 1 is 1.03 bits per heavy atom. The number of benzene rings is 2. The van der Waals surface area contributed by atoms with Gasteiger partial charge in [-0.2, -0.15) is 0 Å². The van der Waals surface area contributed by atoms with Crippen molar-refractivity contribution in [2.24, 2.45) is 5.92 Å². The molecule has 3 N–H and O–H groups in total. The molecule has 0 bridgehead atoms. The number of aryl methyl sites for hydroxylation is 1. The van der Waals surface area contributed by atoms with Gasteiger partial charge in [-0.05, 0) is 38.3 Å². The minimum Gasteiger partial charge on any atom is -0.382 e. The largest absolute Gasteiger partial charge is 0.382 e. The Bertz CT molecular complexity index is 1540. The van der Waals surface area contributed by atoms with E-state index in [0.29, 0.717) is 5.82 Å². The molecular weight excluding hydrogens is 474 g/mol. The van der Waals surface area contributed by atoms with Crippen LogP contribution in [0, 0.1) is 5.92 Å². The van der Waals surface area contributed by atoms with Gasteiger partial charge >= 0.3 is 0 Å². The second kappa shape index (κ2) is 10.9. The minimum absolute atomic E-state index is 0.0558. The summed E-state index contributed by atoms with van der Waals surface area (Å²) < 4.78 is 7.42. The molecule has 0 aliphatic carbocycles. The van der Waals surface area contributed by atoms with E-state index in [9.17, 15) is 5.11 Å².